The predicted octanol–water partition coefficient (Wildman–Crippen LogP) is 8.05. The Morgan fingerprint density at radius 1 is 0.932 bits per heavy atom. The van der Waals surface area contributed by atoms with E-state index in [2.05, 4.69) is 27.3 Å². The molecule has 7 heteroatoms. The Hall–Kier alpha value is -4.75. The van der Waals surface area contributed by atoms with Gasteiger partial charge in [-0.15, -0.1) is 0 Å². The van der Waals surface area contributed by atoms with E-state index in [4.69, 9.17) is 4.99 Å². The van der Waals surface area contributed by atoms with Crippen LogP contribution in [0, 0.1) is 5.82 Å². The molecule has 6 nitrogen and oxygen atoms in total. The lowest BCUT2D eigenvalue weighted by molar-refractivity contribution is 0.0935. The summed E-state index contributed by atoms with van der Waals surface area (Å²) >= 11 is 0. The van der Waals surface area contributed by atoms with E-state index in [1.165, 1.54) is 31.4 Å². The minimum atomic E-state index is -0.359. The van der Waals surface area contributed by atoms with Gasteiger partial charge in [0.05, 0.1) is 23.0 Å². The van der Waals surface area contributed by atoms with Crippen LogP contribution in [0.5, 0.6) is 5.88 Å². The zero-order valence-electron chi connectivity index (χ0n) is 24.9. The van der Waals surface area contributed by atoms with Crippen LogP contribution < -0.4 is 5.32 Å². The van der Waals surface area contributed by atoms with Crippen molar-refractivity contribution >= 4 is 28.2 Å². The first-order valence-corrected chi connectivity index (χ1v) is 15.4. The number of rotatable bonds is 9. The maximum absolute atomic E-state index is 14.0. The lowest BCUT2D eigenvalue weighted by Crippen LogP contribution is -2.28. The molecule has 1 aliphatic rings. The zero-order chi connectivity index (χ0) is 30.5. The Balaban J connectivity index is 1.39. The van der Waals surface area contributed by atoms with E-state index in [1.807, 2.05) is 49.4 Å². The maximum atomic E-state index is 14.0. The molecule has 1 amide bonds. The smallest absolute Gasteiger partial charge is 0.251 e. The highest BCUT2D eigenvalue weighted by atomic mass is 19.1. The SMILES string of the molecule is CC[C@@H](NC(=O)c1ccc2[nH]c(O)c(C(=Nc3cccc(CN4CCCCC4)c3)c3ccc(F)cc3)c2c1)c1ccccc1. The zero-order valence-corrected chi connectivity index (χ0v) is 24.9. The number of H-pyrrole nitrogens is 1. The number of amides is 1. The van der Waals surface area contributed by atoms with E-state index in [0.717, 1.165) is 42.9 Å². The second-order valence-corrected chi connectivity index (χ2v) is 11.4. The molecule has 0 aliphatic carbocycles. The third-order valence-electron chi connectivity index (χ3n) is 8.32. The number of carbonyl (C=O) groups excluding carboxylic acids is 1. The highest BCUT2D eigenvalue weighted by molar-refractivity contribution is 6.22. The molecular formula is C37H37FN4O2. The Morgan fingerprint density at radius 2 is 1.68 bits per heavy atom. The number of aromatic nitrogens is 1. The molecular weight excluding hydrogens is 551 g/mol. The first-order chi connectivity index (χ1) is 21.5. The lowest BCUT2D eigenvalue weighted by Gasteiger charge is -2.26. The van der Waals surface area contributed by atoms with Gasteiger partial charge in [-0.3, -0.25) is 9.69 Å². The van der Waals surface area contributed by atoms with Crippen LogP contribution in [0.1, 0.15) is 71.3 Å². The van der Waals surface area contributed by atoms with Crippen LogP contribution in [0.25, 0.3) is 10.9 Å². The Morgan fingerprint density at radius 3 is 2.43 bits per heavy atom. The molecule has 1 fully saturated rings. The van der Waals surface area contributed by atoms with E-state index < -0.39 is 0 Å². The number of halogens is 1. The van der Waals surface area contributed by atoms with Crippen molar-refractivity contribution in [3.05, 3.63) is 131 Å². The minimum absolute atomic E-state index is 0.0687. The van der Waals surface area contributed by atoms with Crippen LogP contribution in [-0.4, -0.2) is 39.7 Å². The number of hydrogen-bond donors (Lipinski definition) is 3. The summed E-state index contributed by atoms with van der Waals surface area (Å²) in [4.78, 5) is 24.0. The van der Waals surface area contributed by atoms with E-state index in [0.29, 0.717) is 33.3 Å². The molecule has 1 atom stereocenters. The summed E-state index contributed by atoms with van der Waals surface area (Å²) in [6, 6.07) is 29.3. The molecule has 3 N–H and O–H groups in total. The van der Waals surface area contributed by atoms with Gasteiger partial charge >= 0.3 is 0 Å². The Labute approximate surface area is 257 Å². The normalized spacial score (nSPS) is 14.9. The fourth-order valence-corrected chi connectivity index (χ4v) is 6.01. The second kappa shape index (κ2) is 13.3. The van der Waals surface area contributed by atoms with Gasteiger partial charge in [0.15, 0.2) is 5.88 Å². The number of likely N-dealkylation sites (tertiary alicyclic amines) is 1. The molecule has 0 spiro atoms. The standard InChI is InChI=1S/C37H37FN4O2/c1-2-32(26-11-5-3-6-12-26)40-36(43)28-16-19-33-31(23-28)34(37(44)41-33)35(27-14-17-29(38)18-15-27)39-30-13-9-10-25(22-30)24-42-20-7-4-8-21-42/h3,5-6,9-19,22-23,32,41,44H,2,4,7-8,20-21,24H2,1H3,(H,40,43)/t32-/m1/s1. The van der Waals surface area contributed by atoms with E-state index >= 15 is 0 Å². The average molecular weight is 589 g/mol. The Kier molecular flexibility index (Phi) is 8.84. The number of aromatic hydroxyl groups is 1. The molecule has 1 aromatic heterocycles. The molecule has 2 heterocycles. The van der Waals surface area contributed by atoms with Crippen LogP contribution >= 0.6 is 0 Å². The van der Waals surface area contributed by atoms with Gasteiger partial charge in [0.1, 0.15) is 5.82 Å². The van der Waals surface area contributed by atoms with Gasteiger partial charge in [-0.1, -0.05) is 55.8 Å². The highest BCUT2D eigenvalue weighted by Crippen LogP contribution is 2.33. The van der Waals surface area contributed by atoms with Crippen LogP contribution in [0.15, 0.2) is 102 Å². The fourth-order valence-electron chi connectivity index (χ4n) is 6.01. The summed E-state index contributed by atoms with van der Waals surface area (Å²) in [5.74, 6) is -0.636. The van der Waals surface area contributed by atoms with Crippen molar-refractivity contribution in [1.29, 1.82) is 0 Å². The first-order valence-electron chi connectivity index (χ1n) is 15.4. The van der Waals surface area contributed by atoms with Crippen LogP contribution in [0.3, 0.4) is 0 Å². The van der Waals surface area contributed by atoms with Gasteiger partial charge in [-0.05, 0) is 98.1 Å². The summed E-state index contributed by atoms with van der Waals surface area (Å²) in [5, 5.41) is 15.0. The number of carbonyl (C=O) groups is 1. The molecule has 1 aliphatic heterocycles. The van der Waals surface area contributed by atoms with Crippen LogP contribution in [-0.2, 0) is 6.54 Å². The van der Waals surface area contributed by atoms with Crippen molar-refractivity contribution in [2.24, 2.45) is 4.99 Å². The minimum Gasteiger partial charge on any atom is -0.494 e. The summed E-state index contributed by atoms with van der Waals surface area (Å²) in [6.45, 7) is 5.08. The molecule has 224 valence electrons. The second-order valence-electron chi connectivity index (χ2n) is 11.4. The third-order valence-corrected chi connectivity index (χ3v) is 8.32. The number of piperidine rings is 1. The van der Waals surface area contributed by atoms with Crippen LogP contribution in [0.2, 0.25) is 0 Å². The third kappa shape index (κ3) is 6.58. The van der Waals surface area contributed by atoms with Crippen LogP contribution in [0.4, 0.5) is 10.1 Å². The molecule has 5 aromatic rings. The van der Waals surface area contributed by atoms with Crippen molar-refractivity contribution in [3.63, 3.8) is 0 Å². The molecule has 0 radical (unpaired) electrons. The summed E-state index contributed by atoms with van der Waals surface area (Å²) in [7, 11) is 0. The van der Waals surface area contributed by atoms with Gasteiger partial charge < -0.3 is 15.4 Å². The summed E-state index contributed by atoms with van der Waals surface area (Å²) < 4.78 is 14.0. The molecule has 4 aromatic carbocycles. The molecule has 0 bridgehead atoms. The quantitative estimate of drug-likeness (QED) is 0.152. The van der Waals surface area contributed by atoms with Crippen molar-refractivity contribution in [3.8, 4) is 5.88 Å². The van der Waals surface area contributed by atoms with Crippen molar-refractivity contribution in [1.82, 2.24) is 15.2 Å². The Bertz CT molecular complexity index is 1770. The largest absolute Gasteiger partial charge is 0.494 e. The monoisotopic (exact) mass is 588 g/mol. The molecule has 0 unspecified atom stereocenters. The van der Waals surface area contributed by atoms with Gasteiger partial charge in [-0.25, -0.2) is 9.38 Å². The number of hydrogen-bond acceptors (Lipinski definition) is 4. The molecule has 6 rings (SSSR count). The predicted molar refractivity (Wildman–Crippen MR) is 174 cm³/mol. The first kappa shape index (κ1) is 29.3. The van der Waals surface area contributed by atoms with E-state index in [-0.39, 0.29) is 23.6 Å². The van der Waals surface area contributed by atoms with E-state index in [1.54, 1.807) is 30.3 Å². The summed E-state index contributed by atoms with van der Waals surface area (Å²) in [5.41, 5.74) is 5.65. The molecule has 1 saturated heterocycles. The number of aromatic amines is 1. The van der Waals surface area contributed by atoms with Crippen molar-refractivity contribution in [2.75, 3.05) is 13.1 Å². The number of aliphatic imine (C=N–C) groups is 1. The molecule has 0 saturated carbocycles. The molecule has 44 heavy (non-hydrogen) atoms. The average Bonchev–Trinajstić information content (AvgIpc) is 3.38. The fraction of sp³-hybridized carbons (Fsp3) is 0.243. The summed E-state index contributed by atoms with van der Waals surface area (Å²) in [6.07, 6.45) is 4.47. The lowest BCUT2D eigenvalue weighted by atomic mass is 9.99. The number of fused-ring (bicyclic) bond motifs is 1. The van der Waals surface area contributed by atoms with Gasteiger partial charge in [-0.2, -0.15) is 0 Å². The van der Waals surface area contributed by atoms with Gasteiger partial charge in [0.25, 0.3) is 5.91 Å². The number of benzene rings is 4. The highest BCUT2D eigenvalue weighted by Gasteiger charge is 2.21. The van der Waals surface area contributed by atoms with E-state index in [9.17, 15) is 14.3 Å². The maximum Gasteiger partial charge on any atom is 0.251 e. The number of nitrogens with zero attached hydrogens (tertiary/aromatic N) is 2. The van der Waals surface area contributed by atoms with Gasteiger partial charge in [0.2, 0.25) is 0 Å². The number of nitrogens with one attached hydrogen (secondary N) is 2. The topological polar surface area (TPSA) is 80.7 Å². The van der Waals surface area contributed by atoms with Gasteiger partial charge in [0, 0.05) is 28.6 Å². The van der Waals surface area contributed by atoms with Crippen molar-refractivity contribution in [2.45, 2.75) is 45.2 Å². The van der Waals surface area contributed by atoms with Crippen molar-refractivity contribution < 1.29 is 14.3 Å².